The molecule has 0 spiro atoms. The van der Waals surface area contributed by atoms with Gasteiger partial charge in [-0.25, -0.2) is 4.79 Å². The van der Waals surface area contributed by atoms with Crippen molar-refractivity contribution in [3.05, 3.63) is 71.8 Å². The van der Waals surface area contributed by atoms with Gasteiger partial charge in [0.15, 0.2) is 5.96 Å². The highest BCUT2D eigenvalue weighted by Crippen LogP contribution is 2.21. The fraction of sp³-hybridized carbons (Fsp3) is 0.573. The molecule has 1 heterocycles. The van der Waals surface area contributed by atoms with E-state index in [0.717, 1.165) is 13.8 Å². The van der Waals surface area contributed by atoms with Gasteiger partial charge in [-0.05, 0) is 68.9 Å². The Kier molecular flexibility index (Phi) is 45.9. The van der Waals surface area contributed by atoms with Crippen LogP contribution in [0.5, 0.6) is 0 Å². The Morgan fingerprint density at radius 3 is 1.22 bits per heavy atom. The van der Waals surface area contributed by atoms with Crippen LogP contribution in [0.1, 0.15) is 91.2 Å². The number of guanidine groups is 1. The van der Waals surface area contributed by atoms with E-state index in [4.69, 9.17) is 22.0 Å². The van der Waals surface area contributed by atoms with Gasteiger partial charge in [0.2, 0.25) is 100 Å². The fourth-order valence-corrected chi connectivity index (χ4v) is 11.9. The van der Waals surface area contributed by atoms with Crippen molar-refractivity contribution in [2.24, 2.45) is 23.3 Å². The second kappa shape index (κ2) is 54.0. The molecule has 49 nitrogen and oxygen atoms in total. The average molecular weight is 1760 g/mol. The number of aliphatic hydroxyl groups is 7. The number of amides is 17. The van der Waals surface area contributed by atoms with Crippen LogP contribution in [0.3, 0.4) is 0 Å². The molecule has 17 amide bonds. The van der Waals surface area contributed by atoms with E-state index >= 15 is 0 Å². The number of carbonyl (C=O) groups is 19. The van der Waals surface area contributed by atoms with Crippen LogP contribution in [0, 0.1) is 17.2 Å². The summed E-state index contributed by atoms with van der Waals surface area (Å²) in [6, 6.07) is -7.70. The smallest absolute Gasteiger partial charge is 0.326 e. The molecule has 16 atom stereocenters. The van der Waals surface area contributed by atoms with E-state index in [9.17, 15) is 132 Å². The lowest BCUT2D eigenvalue weighted by molar-refractivity contribution is -0.143. The quantitative estimate of drug-likeness (QED) is 0.0166. The zero-order valence-corrected chi connectivity index (χ0v) is 69.0. The first kappa shape index (κ1) is 106. The summed E-state index contributed by atoms with van der Waals surface area (Å²) in [4.78, 5) is 254. The molecule has 0 unspecified atom stereocenters. The minimum atomic E-state index is -2.07. The summed E-state index contributed by atoms with van der Waals surface area (Å²) in [5.74, 6) is -23.3. The van der Waals surface area contributed by atoms with E-state index in [-0.39, 0.29) is 57.5 Å². The molecule has 3 rings (SSSR count). The fourth-order valence-electron chi connectivity index (χ4n) is 11.9. The van der Waals surface area contributed by atoms with Crippen LogP contribution < -0.4 is 102 Å². The minimum absolute atomic E-state index is 0.00216. The second-order valence-electron chi connectivity index (χ2n) is 29.5. The maximum Gasteiger partial charge on any atom is 0.326 e. The first-order chi connectivity index (χ1) is 58.5. The third-order valence-corrected chi connectivity index (χ3v) is 18.5. The second-order valence-corrected chi connectivity index (χ2v) is 29.5. The number of nitrogens with one attached hydrogen (secondary N) is 18. The lowest BCUT2D eigenvalue weighted by atomic mass is 10.0. The van der Waals surface area contributed by atoms with Crippen molar-refractivity contribution >= 4 is 118 Å². The number of rotatable bonds is 54. The SMILES string of the molecule is CC(C)C[C@H](NC(=O)[C@@H](NC(=O)[C@H](Cc1ccccc1)NC(=O)[C@H](CC(=O)O)NC(=O)[C@@H](NC(=O)CNC(=O)[C@H](CO)NC(=O)CNC(=O)[C@H](CO)NC(=O)CNC(=O)[C@H](CO)NC(=O)[C@H](Cc1ccccc1)NC(=O)[C@H](CCCNC(=N)N)NC(=O)[C@H](CO)NC(=O)[C@@H]1CCCN1C(=O)[C@@H](NC(=O)CNC(=O)[C@@H](N)CO)C(C)C)[C@@H](C)O)[C@@H](C)O)C(=O)O. The van der Waals surface area contributed by atoms with E-state index in [1.165, 1.54) is 17.0 Å². The van der Waals surface area contributed by atoms with Crippen molar-refractivity contribution in [2.75, 3.05) is 72.3 Å². The Hall–Kier alpha value is -12.7. The van der Waals surface area contributed by atoms with Crippen LogP contribution >= 0.6 is 0 Å². The minimum Gasteiger partial charge on any atom is -0.481 e. The largest absolute Gasteiger partial charge is 0.481 e. The number of carboxylic acid groups (broad SMARTS) is 2. The average Bonchev–Trinajstić information content (AvgIpc) is 1.65. The van der Waals surface area contributed by atoms with Crippen LogP contribution in [0.2, 0.25) is 0 Å². The summed E-state index contributed by atoms with van der Waals surface area (Å²) in [7, 11) is 0. The summed E-state index contributed by atoms with van der Waals surface area (Å²) < 4.78 is 0. The summed E-state index contributed by atoms with van der Waals surface area (Å²) in [6.07, 6.45) is -5.25. The summed E-state index contributed by atoms with van der Waals surface area (Å²) in [6.45, 7) is -0.252. The van der Waals surface area contributed by atoms with E-state index in [0.29, 0.717) is 17.5 Å². The maximum atomic E-state index is 14.3. The first-order valence-corrected chi connectivity index (χ1v) is 39.3. The monoisotopic (exact) mass is 1760 g/mol. The van der Waals surface area contributed by atoms with Crippen molar-refractivity contribution in [3.8, 4) is 0 Å². The van der Waals surface area contributed by atoms with Gasteiger partial charge < -0.3 is 153 Å². The molecule has 0 aliphatic carbocycles. The van der Waals surface area contributed by atoms with Crippen LogP contribution in [-0.4, -0.2) is 338 Å². The molecular weight excluding hydrogens is 1640 g/mol. The molecule has 0 radical (unpaired) electrons. The number of carbonyl (C=O) groups excluding carboxylic acids is 17. The number of carboxylic acids is 2. The highest BCUT2D eigenvalue weighted by molar-refractivity contribution is 6.01. The zero-order valence-electron chi connectivity index (χ0n) is 69.0. The molecule has 1 aliphatic rings. The number of benzene rings is 2. The van der Waals surface area contributed by atoms with Gasteiger partial charge in [-0.2, -0.15) is 0 Å². The van der Waals surface area contributed by atoms with Crippen molar-refractivity contribution in [3.63, 3.8) is 0 Å². The van der Waals surface area contributed by atoms with E-state index in [1.807, 2.05) is 16.0 Å². The molecule has 1 saturated heterocycles. The topological polar surface area (TPSA) is 790 Å². The number of hydrogen-bond donors (Lipinski definition) is 29. The third-order valence-electron chi connectivity index (χ3n) is 18.5. The zero-order chi connectivity index (χ0) is 93.2. The first-order valence-electron chi connectivity index (χ1n) is 39.3. The predicted octanol–water partition coefficient (Wildman–Crippen LogP) is -13.7. The van der Waals surface area contributed by atoms with Gasteiger partial charge in [-0.15, -0.1) is 0 Å². The Morgan fingerprint density at radius 1 is 0.427 bits per heavy atom. The van der Waals surface area contributed by atoms with Gasteiger partial charge in [0, 0.05) is 25.9 Å². The highest BCUT2D eigenvalue weighted by Gasteiger charge is 2.42. The Bertz CT molecular complexity index is 4020. The summed E-state index contributed by atoms with van der Waals surface area (Å²) >= 11 is 0. The number of hydrogen-bond acceptors (Lipinski definition) is 28. The molecule has 2 aromatic rings. The molecule has 0 saturated carbocycles. The van der Waals surface area contributed by atoms with E-state index in [1.54, 1.807) is 76.2 Å². The van der Waals surface area contributed by atoms with Crippen LogP contribution in [0.4, 0.5) is 0 Å². The van der Waals surface area contributed by atoms with Gasteiger partial charge in [-0.1, -0.05) is 88.4 Å². The lowest BCUT2D eigenvalue weighted by Crippen LogP contribution is -2.62. The number of aliphatic hydroxyl groups excluding tert-OH is 7. The Morgan fingerprint density at radius 2 is 0.798 bits per heavy atom. The summed E-state index contributed by atoms with van der Waals surface area (Å²) in [5.41, 5.74) is 11.7. The molecule has 31 N–H and O–H groups in total. The molecular formula is C75H115N21O28. The summed E-state index contributed by atoms with van der Waals surface area (Å²) in [5, 5.41) is 136. The Labute approximate surface area is 710 Å². The van der Waals surface area contributed by atoms with Gasteiger partial charge in [0.1, 0.15) is 84.6 Å². The molecule has 0 aromatic heterocycles. The third kappa shape index (κ3) is 36.9. The molecule has 124 heavy (non-hydrogen) atoms. The molecule has 1 fully saturated rings. The molecule has 2 aromatic carbocycles. The standard InChI is InChI=1S/C75H115N21O28/c1-36(2)23-47(74(123)124)90-72(121)60(39(6)103)95-68(117)45(25-41-17-11-8-12-18-41)88-67(116)46(26-57(108)109)89-71(120)59(38(5)102)94-56(107)30-83-63(112)49(33-99)85-53(104)27-81-62(111)48(32-98)84-54(105)28-82-64(113)50(34-100)91-66(115)44(24-40-15-9-7-10-16-40)87-65(114)43(19-13-21-79-75(77)78)86-69(118)51(35-101)92-70(119)52-20-14-22-96(52)73(122)58(37(3)4)93-55(106)29-80-61(110)42(76)31-97/h7-12,15-18,36-39,42-52,58-60,97-103H,13-14,19-35,76H2,1-6H3,(H,80,110)(H,81,111)(H,82,113)(H,83,112)(H,84,105)(H,85,104)(H,86,118)(H,87,114)(H,88,116)(H,89,120)(H,90,121)(H,91,115)(H,92,119)(H,93,106)(H,94,107)(H,95,117)(H,108,109)(H,123,124)(H4,77,78,79)/t38-,39-,42+,43+,44+,45+,46+,47+,48+,49+,50+,51+,52+,58+,59+,60+/m1/s1. The van der Waals surface area contributed by atoms with Gasteiger partial charge in [-0.3, -0.25) is 91.7 Å². The van der Waals surface area contributed by atoms with Crippen molar-refractivity contribution in [2.45, 2.75) is 190 Å². The van der Waals surface area contributed by atoms with Gasteiger partial charge in [0.05, 0.1) is 77.8 Å². The lowest BCUT2D eigenvalue weighted by Gasteiger charge is -2.31. The molecule has 49 heteroatoms. The Balaban J connectivity index is 1.65. The predicted molar refractivity (Wildman–Crippen MR) is 430 cm³/mol. The number of nitrogens with zero attached hydrogens (tertiary/aromatic N) is 1. The van der Waals surface area contributed by atoms with E-state index < -0.39 is 287 Å². The number of aliphatic carboxylic acids is 2. The normalized spacial score (nSPS) is 15.9. The van der Waals surface area contributed by atoms with Crippen LogP contribution in [0.15, 0.2) is 60.7 Å². The van der Waals surface area contributed by atoms with Gasteiger partial charge in [0.25, 0.3) is 0 Å². The van der Waals surface area contributed by atoms with Crippen molar-refractivity contribution < 1.29 is 137 Å². The van der Waals surface area contributed by atoms with Crippen molar-refractivity contribution in [1.29, 1.82) is 5.41 Å². The van der Waals surface area contributed by atoms with Crippen LogP contribution in [-0.2, 0) is 104 Å². The van der Waals surface area contributed by atoms with E-state index in [2.05, 4.69) is 74.4 Å². The molecule has 0 bridgehead atoms. The number of likely N-dealkylation sites (tertiary alicyclic amines) is 1. The van der Waals surface area contributed by atoms with Crippen molar-refractivity contribution in [1.82, 2.24) is 95.3 Å². The maximum absolute atomic E-state index is 14.3. The highest BCUT2D eigenvalue weighted by atomic mass is 16.4. The van der Waals surface area contributed by atoms with Gasteiger partial charge >= 0.3 is 11.9 Å². The molecule has 688 valence electrons. The molecule has 1 aliphatic heterocycles. The van der Waals surface area contributed by atoms with Crippen LogP contribution in [0.25, 0.3) is 0 Å². The number of nitrogens with two attached hydrogens (primary N) is 2.